The Kier molecular flexibility index (Phi) is 7.34. The summed E-state index contributed by atoms with van der Waals surface area (Å²) in [6, 6.07) is 17.4. The Balaban J connectivity index is 1.49. The lowest BCUT2D eigenvalue weighted by Gasteiger charge is -2.36. The molecule has 0 aliphatic carbocycles. The Morgan fingerprint density at radius 3 is 2.15 bits per heavy atom. The van der Waals surface area contributed by atoms with E-state index in [4.69, 9.17) is 9.72 Å². The smallest absolute Gasteiger partial charge is 0.120 e. The number of anilines is 1. The zero-order valence-electron chi connectivity index (χ0n) is 20.8. The Morgan fingerprint density at radius 2 is 1.55 bits per heavy atom. The van der Waals surface area contributed by atoms with Crippen molar-refractivity contribution < 1.29 is 4.74 Å². The molecule has 3 aromatic rings. The molecule has 0 amide bonds. The molecule has 0 atom stereocenters. The van der Waals surface area contributed by atoms with Crippen LogP contribution in [0.1, 0.15) is 41.8 Å². The van der Waals surface area contributed by atoms with Gasteiger partial charge in [-0.3, -0.25) is 9.88 Å². The van der Waals surface area contributed by atoms with Crippen LogP contribution in [-0.2, 0) is 19.4 Å². The molecule has 0 radical (unpaired) electrons. The molecule has 0 unspecified atom stereocenters. The van der Waals surface area contributed by atoms with Crippen molar-refractivity contribution >= 4 is 5.69 Å². The van der Waals surface area contributed by atoms with Crippen LogP contribution >= 0.6 is 0 Å². The van der Waals surface area contributed by atoms with Gasteiger partial charge in [0.05, 0.1) is 12.8 Å². The van der Waals surface area contributed by atoms with Gasteiger partial charge >= 0.3 is 0 Å². The lowest BCUT2D eigenvalue weighted by Crippen LogP contribution is -2.46. The highest BCUT2D eigenvalue weighted by Gasteiger charge is 2.20. The number of aryl methyl sites for hydroxylation is 4. The molecule has 4 rings (SSSR count). The van der Waals surface area contributed by atoms with E-state index in [1.165, 1.54) is 33.5 Å². The predicted molar refractivity (Wildman–Crippen MR) is 138 cm³/mol. The quantitative estimate of drug-likeness (QED) is 0.460. The number of nitrogens with zero attached hydrogens (tertiary/aromatic N) is 3. The Bertz CT molecular complexity index is 1050. The topological polar surface area (TPSA) is 28.6 Å². The summed E-state index contributed by atoms with van der Waals surface area (Å²) in [5, 5.41) is 0. The average molecular weight is 444 g/mol. The van der Waals surface area contributed by atoms with E-state index in [1.807, 2.05) is 6.07 Å². The third-order valence-corrected chi connectivity index (χ3v) is 6.98. The molecule has 2 heterocycles. The van der Waals surface area contributed by atoms with E-state index in [9.17, 15) is 0 Å². The second-order valence-electron chi connectivity index (χ2n) is 9.01. The molecular weight excluding hydrogens is 406 g/mol. The van der Waals surface area contributed by atoms with Gasteiger partial charge in [0, 0.05) is 55.7 Å². The summed E-state index contributed by atoms with van der Waals surface area (Å²) < 4.78 is 5.40. The molecule has 1 aliphatic rings. The van der Waals surface area contributed by atoms with E-state index < -0.39 is 0 Å². The highest BCUT2D eigenvalue weighted by Crippen LogP contribution is 2.30. The van der Waals surface area contributed by atoms with Gasteiger partial charge in [0.25, 0.3) is 0 Å². The van der Waals surface area contributed by atoms with Crippen LogP contribution in [-0.4, -0.2) is 43.2 Å². The van der Waals surface area contributed by atoms with Crippen molar-refractivity contribution in [1.29, 1.82) is 0 Å². The van der Waals surface area contributed by atoms with E-state index in [0.29, 0.717) is 0 Å². The monoisotopic (exact) mass is 443 g/mol. The zero-order chi connectivity index (χ0) is 23.4. The number of piperazine rings is 1. The third kappa shape index (κ3) is 5.06. The molecule has 33 heavy (non-hydrogen) atoms. The van der Waals surface area contributed by atoms with E-state index >= 15 is 0 Å². The molecule has 2 aromatic carbocycles. The molecule has 4 nitrogen and oxygen atoms in total. The van der Waals surface area contributed by atoms with Crippen molar-refractivity contribution in [2.24, 2.45) is 0 Å². The van der Waals surface area contributed by atoms with Gasteiger partial charge in [-0.05, 0) is 67.1 Å². The van der Waals surface area contributed by atoms with E-state index in [1.54, 1.807) is 7.11 Å². The first-order chi connectivity index (χ1) is 16.0. The molecule has 1 aromatic heterocycles. The highest BCUT2D eigenvalue weighted by molar-refractivity contribution is 5.69. The lowest BCUT2D eigenvalue weighted by molar-refractivity contribution is 0.248. The summed E-state index contributed by atoms with van der Waals surface area (Å²) in [4.78, 5) is 10.1. The number of hydrogen-bond acceptors (Lipinski definition) is 4. The van der Waals surface area contributed by atoms with Gasteiger partial charge in [0.2, 0.25) is 0 Å². The fraction of sp³-hybridized carbons (Fsp3) is 0.414. The molecule has 0 saturated carbocycles. The number of aromatic nitrogens is 1. The summed E-state index contributed by atoms with van der Waals surface area (Å²) in [6.07, 6.45) is 2.06. The maximum absolute atomic E-state index is 5.40. The zero-order valence-corrected chi connectivity index (χ0v) is 20.8. The summed E-state index contributed by atoms with van der Waals surface area (Å²) in [6.45, 7) is 14.0. The van der Waals surface area contributed by atoms with E-state index in [-0.39, 0.29) is 0 Å². The number of methoxy groups -OCH3 is 1. The van der Waals surface area contributed by atoms with E-state index in [0.717, 1.165) is 62.7 Å². The number of pyridine rings is 1. The Hall–Kier alpha value is -2.85. The predicted octanol–water partition coefficient (Wildman–Crippen LogP) is 5.82. The SMILES string of the molecule is CCc1cccc(CC)c1-c1cc(C)c(CN2CCN(c3cccc(OC)c3)CC2)c(C)n1. The fourth-order valence-electron chi connectivity index (χ4n) is 4.99. The molecule has 1 aliphatic heterocycles. The van der Waals surface area contributed by atoms with Crippen LogP contribution in [0.25, 0.3) is 11.3 Å². The van der Waals surface area contributed by atoms with Gasteiger partial charge in [0.15, 0.2) is 0 Å². The minimum atomic E-state index is 0.920. The van der Waals surface area contributed by atoms with Gasteiger partial charge in [-0.15, -0.1) is 0 Å². The van der Waals surface area contributed by atoms with Crippen LogP contribution in [0, 0.1) is 13.8 Å². The van der Waals surface area contributed by atoms with Crippen LogP contribution in [0.3, 0.4) is 0 Å². The fourth-order valence-corrected chi connectivity index (χ4v) is 4.99. The van der Waals surface area contributed by atoms with Crippen LogP contribution in [0.5, 0.6) is 5.75 Å². The summed E-state index contributed by atoms with van der Waals surface area (Å²) in [5.41, 5.74) is 10.4. The van der Waals surface area contributed by atoms with E-state index in [2.05, 4.69) is 80.0 Å². The van der Waals surface area contributed by atoms with Crippen molar-refractivity contribution in [2.45, 2.75) is 47.1 Å². The van der Waals surface area contributed by atoms with Crippen LogP contribution in [0.4, 0.5) is 5.69 Å². The number of hydrogen-bond donors (Lipinski definition) is 0. The molecule has 0 spiro atoms. The van der Waals surface area contributed by atoms with Crippen LogP contribution in [0.2, 0.25) is 0 Å². The number of ether oxygens (including phenoxy) is 1. The van der Waals surface area contributed by atoms with Crippen molar-refractivity contribution in [3.05, 3.63) is 76.5 Å². The van der Waals surface area contributed by atoms with Crippen molar-refractivity contribution in [3.8, 4) is 17.0 Å². The average Bonchev–Trinajstić information content (AvgIpc) is 2.85. The first-order valence-corrected chi connectivity index (χ1v) is 12.2. The second-order valence-corrected chi connectivity index (χ2v) is 9.01. The summed E-state index contributed by atoms with van der Waals surface area (Å²) in [5.74, 6) is 0.920. The standard InChI is InChI=1S/C29H37N3O/c1-6-23-10-8-11-24(7-2)29(23)28-18-21(3)27(22(4)30-28)20-31-14-16-32(17-15-31)25-12-9-13-26(19-25)33-5/h8-13,18-19H,6-7,14-17,20H2,1-5H3. The molecule has 174 valence electrons. The largest absolute Gasteiger partial charge is 0.497 e. The Labute approximate surface area is 199 Å². The first-order valence-electron chi connectivity index (χ1n) is 12.2. The molecule has 0 bridgehead atoms. The lowest BCUT2D eigenvalue weighted by atomic mass is 9.93. The number of benzene rings is 2. The van der Waals surface area contributed by atoms with Gasteiger partial charge in [-0.1, -0.05) is 38.1 Å². The number of rotatable bonds is 7. The summed E-state index contributed by atoms with van der Waals surface area (Å²) >= 11 is 0. The van der Waals surface area contributed by atoms with Gasteiger partial charge < -0.3 is 9.64 Å². The first kappa shape index (κ1) is 23.3. The molecule has 4 heteroatoms. The molecular formula is C29H37N3O. The highest BCUT2D eigenvalue weighted by atomic mass is 16.5. The van der Waals surface area contributed by atoms with Gasteiger partial charge in [0.1, 0.15) is 5.75 Å². The van der Waals surface area contributed by atoms with Crippen molar-refractivity contribution in [3.63, 3.8) is 0 Å². The maximum Gasteiger partial charge on any atom is 0.120 e. The van der Waals surface area contributed by atoms with Crippen molar-refractivity contribution in [2.75, 3.05) is 38.2 Å². The van der Waals surface area contributed by atoms with Crippen LogP contribution in [0.15, 0.2) is 48.5 Å². The van der Waals surface area contributed by atoms with Gasteiger partial charge in [-0.2, -0.15) is 0 Å². The second kappa shape index (κ2) is 10.4. The Morgan fingerprint density at radius 1 is 0.879 bits per heavy atom. The minimum absolute atomic E-state index is 0.920. The maximum atomic E-state index is 5.40. The molecule has 1 fully saturated rings. The summed E-state index contributed by atoms with van der Waals surface area (Å²) in [7, 11) is 1.73. The molecule has 1 saturated heterocycles. The minimum Gasteiger partial charge on any atom is -0.497 e. The normalized spacial score (nSPS) is 14.5. The van der Waals surface area contributed by atoms with Gasteiger partial charge in [-0.25, -0.2) is 0 Å². The van der Waals surface area contributed by atoms with Crippen LogP contribution < -0.4 is 9.64 Å². The molecule has 0 N–H and O–H groups in total. The van der Waals surface area contributed by atoms with Crippen molar-refractivity contribution in [1.82, 2.24) is 9.88 Å². The third-order valence-electron chi connectivity index (χ3n) is 6.98.